The Kier molecular flexibility index (Phi) is 9.56. The third kappa shape index (κ3) is 7.21. The molecule has 2 aromatic carbocycles. The first kappa shape index (κ1) is 33.9. The highest BCUT2D eigenvalue weighted by Crippen LogP contribution is 2.32. The Morgan fingerprint density at radius 2 is 1.78 bits per heavy atom. The van der Waals surface area contributed by atoms with Gasteiger partial charge in [0.1, 0.15) is 23.9 Å². The fourth-order valence-corrected chi connectivity index (χ4v) is 7.04. The number of nitrogens with one attached hydrogen (secondary N) is 3. The lowest BCUT2D eigenvalue weighted by Crippen LogP contribution is -2.58. The van der Waals surface area contributed by atoms with E-state index >= 15 is 0 Å². The molecule has 4 N–H and O–H groups in total. The number of aliphatic hydroxyl groups excluding tert-OH is 1. The number of ketones is 1. The molecule has 1 unspecified atom stereocenters. The van der Waals surface area contributed by atoms with Crippen LogP contribution in [0.4, 0.5) is 11.5 Å². The van der Waals surface area contributed by atoms with Gasteiger partial charge in [0.05, 0.1) is 29.8 Å². The van der Waals surface area contributed by atoms with Crippen LogP contribution in [0.1, 0.15) is 68.0 Å². The Morgan fingerprint density at radius 1 is 0.980 bits per heavy atom. The van der Waals surface area contributed by atoms with E-state index in [9.17, 15) is 33.9 Å². The van der Waals surface area contributed by atoms with Crippen LogP contribution in [0.15, 0.2) is 54.9 Å². The zero-order valence-electron chi connectivity index (χ0n) is 27.8. The molecule has 264 valence electrons. The molecule has 5 heterocycles. The van der Waals surface area contributed by atoms with Gasteiger partial charge >= 0.3 is 0 Å². The molecule has 0 spiro atoms. The van der Waals surface area contributed by atoms with Crippen molar-refractivity contribution < 1.29 is 33.9 Å². The summed E-state index contributed by atoms with van der Waals surface area (Å²) in [6, 6.07) is 13.4. The molecule has 0 bridgehead atoms. The highest BCUT2D eigenvalue weighted by molar-refractivity contribution is 6.25. The molecule has 0 radical (unpaired) electrons. The first-order valence-corrected chi connectivity index (χ1v) is 17.1. The second-order valence-corrected chi connectivity index (χ2v) is 13.3. The monoisotopic (exact) mass is 694 g/mol. The second-order valence-electron chi connectivity index (χ2n) is 13.3. The molecule has 2 saturated heterocycles. The van der Waals surface area contributed by atoms with Crippen LogP contribution in [0.5, 0.6) is 0 Å². The first-order chi connectivity index (χ1) is 24.6. The fraction of sp³-hybridized carbons (Fsp3) is 0.389. The number of nitrogens with zero attached hydrogens (tertiary/aromatic N) is 5. The number of hydrogen-bond acceptors (Lipinski definition) is 12. The van der Waals surface area contributed by atoms with E-state index in [2.05, 4.69) is 43.0 Å². The number of Topliss-reactive ketones (excluding diaryl/α,β-unsaturated/α-hetero) is 1. The largest absolute Gasteiger partial charge is 0.392 e. The predicted octanol–water partition coefficient (Wildman–Crippen LogP) is 0.995. The molecule has 51 heavy (non-hydrogen) atoms. The molecule has 0 aliphatic carbocycles. The van der Waals surface area contributed by atoms with Gasteiger partial charge in [-0.25, -0.2) is 9.97 Å². The summed E-state index contributed by atoms with van der Waals surface area (Å²) in [4.78, 5) is 89.3. The molecule has 4 aliphatic heterocycles. The van der Waals surface area contributed by atoms with Crippen LogP contribution in [0.2, 0.25) is 0 Å². The molecular formula is C36H38N8O7. The van der Waals surface area contributed by atoms with Gasteiger partial charge in [0, 0.05) is 57.3 Å². The topological polar surface area (TPSA) is 194 Å². The van der Waals surface area contributed by atoms with Gasteiger partial charge in [-0.2, -0.15) is 0 Å². The normalized spacial score (nSPS) is 19.6. The molecule has 7 rings (SSSR count). The SMILES string of the molecule is O=C1CCC(N2C(=O)c3cccc(NCC(=O)N4CC(Nc5cc(C(=O)CC[C@H](O)CN6CCc7ccccc7C6)ncn5)C4)c3C2=O)C(=O)N1. The molecular weight excluding hydrogens is 656 g/mol. The molecule has 5 amide bonds. The maximum Gasteiger partial charge on any atom is 0.264 e. The minimum absolute atomic E-state index is 0.0202. The van der Waals surface area contributed by atoms with Gasteiger partial charge in [-0.15, -0.1) is 0 Å². The Balaban J connectivity index is 0.860. The zero-order chi connectivity index (χ0) is 35.6. The van der Waals surface area contributed by atoms with Gasteiger partial charge in [-0.05, 0) is 42.5 Å². The summed E-state index contributed by atoms with van der Waals surface area (Å²) in [5, 5.41) is 19.0. The van der Waals surface area contributed by atoms with Gasteiger partial charge in [0.25, 0.3) is 11.8 Å². The summed E-state index contributed by atoms with van der Waals surface area (Å²) in [5.74, 6) is -2.38. The predicted molar refractivity (Wildman–Crippen MR) is 183 cm³/mol. The number of amides is 5. The highest BCUT2D eigenvalue weighted by Gasteiger charge is 2.45. The Labute approximate surface area is 293 Å². The molecule has 4 aliphatic rings. The Hall–Kier alpha value is -5.54. The van der Waals surface area contributed by atoms with Crippen molar-refractivity contribution in [3.8, 4) is 0 Å². The van der Waals surface area contributed by atoms with Crippen molar-refractivity contribution in [3.05, 3.63) is 82.8 Å². The number of hydrogen-bond donors (Lipinski definition) is 4. The quantitative estimate of drug-likeness (QED) is 0.155. The highest BCUT2D eigenvalue weighted by atomic mass is 16.3. The average Bonchev–Trinajstić information content (AvgIpc) is 3.36. The van der Waals surface area contributed by atoms with Crippen LogP contribution in [0.25, 0.3) is 0 Å². The zero-order valence-corrected chi connectivity index (χ0v) is 27.8. The number of benzene rings is 2. The van der Waals surface area contributed by atoms with Crippen LogP contribution < -0.4 is 16.0 Å². The van der Waals surface area contributed by atoms with E-state index in [4.69, 9.17) is 0 Å². The average molecular weight is 695 g/mol. The van der Waals surface area contributed by atoms with Crippen molar-refractivity contribution in [2.24, 2.45) is 0 Å². The fourth-order valence-electron chi connectivity index (χ4n) is 7.04. The minimum Gasteiger partial charge on any atom is -0.392 e. The van der Waals surface area contributed by atoms with Crippen molar-refractivity contribution in [1.29, 1.82) is 0 Å². The van der Waals surface area contributed by atoms with E-state index in [0.29, 0.717) is 37.6 Å². The van der Waals surface area contributed by atoms with Crippen molar-refractivity contribution >= 4 is 46.8 Å². The number of carbonyl (C=O) groups excluding carboxylic acids is 6. The summed E-state index contributed by atoms with van der Waals surface area (Å²) in [5.41, 5.74) is 3.38. The van der Waals surface area contributed by atoms with Crippen LogP contribution in [0.3, 0.4) is 0 Å². The lowest BCUT2D eigenvalue weighted by atomic mass is 9.99. The summed E-state index contributed by atoms with van der Waals surface area (Å²) >= 11 is 0. The van der Waals surface area contributed by atoms with E-state index in [1.807, 2.05) is 12.1 Å². The first-order valence-electron chi connectivity index (χ1n) is 17.1. The molecule has 1 aromatic heterocycles. The van der Waals surface area contributed by atoms with E-state index < -0.39 is 35.8 Å². The molecule has 2 fully saturated rings. The van der Waals surface area contributed by atoms with E-state index in [1.54, 1.807) is 23.1 Å². The number of carbonyl (C=O) groups is 6. The number of likely N-dealkylation sites (tertiary alicyclic amines) is 1. The maximum absolute atomic E-state index is 13.3. The number of aliphatic hydroxyl groups is 1. The minimum atomic E-state index is -1.08. The van der Waals surface area contributed by atoms with Crippen molar-refractivity contribution in [2.45, 2.75) is 56.8 Å². The van der Waals surface area contributed by atoms with Crippen molar-refractivity contribution in [1.82, 2.24) is 30.0 Å². The van der Waals surface area contributed by atoms with E-state index in [0.717, 1.165) is 24.4 Å². The number of β-amino-alcohol motifs (C(OH)–C–C–N with tert-alkyl or cyclic N) is 1. The number of imide groups is 2. The van der Waals surface area contributed by atoms with Crippen molar-refractivity contribution in [2.75, 3.05) is 43.4 Å². The van der Waals surface area contributed by atoms with Crippen LogP contribution in [-0.4, -0.2) is 116 Å². The number of piperidine rings is 1. The van der Waals surface area contributed by atoms with Crippen molar-refractivity contribution in [3.63, 3.8) is 0 Å². The number of aromatic nitrogens is 2. The third-order valence-corrected chi connectivity index (χ3v) is 9.82. The Bertz CT molecular complexity index is 1910. The molecule has 0 saturated carbocycles. The third-order valence-electron chi connectivity index (χ3n) is 9.82. The van der Waals surface area contributed by atoms with E-state index in [1.165, 1.54) is 23.5 Å². The summed E-state index contributed by atoms with van der Waals surface area (Å²) in [6.45, 7) is 2.79. The molecule has 2 atom stereocenters. The second kappa shape index (κ2) is 14.4. The molecule has 3 aromatic rings. The van der Waals surface area contributed by atoms with E-state index in [-0.39, 0.29) is 60.4 Å². The lowest BCUT2D eigenvalue weighted by molar-refractivity contribution is -0.136. The lowest BCUT2D eigenvalue weighted by Gasteiger charge is -2.40. The number of rotatable bonds is 12. The van der Waals surface area contributed by atoms with Gasteiger partial charge in [-0.3, -0.25) is 43.9 Å². The summed E-state index contributed by atoms with van der Waals surface area (Å²) in [7, 11) is 0. The van der Waals surface area contributed by atoms with Crippen LogP contribution in [0, 0.1) is 0 Å². The molecule has 15 heteroatoms. The summed E-state index contributed by atoms with van der Waals surface area (Å²) in [6.07, 6.45) is 2.17. The number of anilines is 2. The van der Waals surface area contributed by atoms with Crippen LogP contribution in [-0.2, 0) is 27.3 Å². The van der Waals surface area contributed by atoms with Crippen LogP contribution >= 0.6 is 0 Å². The van der Waals surface area contributed by atoms with Gasteiger partial charge in [0.2, 0.25) is 17.7 Å². The van der Waals surface area contributed by atoms with Gasteiger partial charge in [0.15, 0.2) is 5.78 Å². The summed E-state index contributed by atoms with van der Waals surface area (Å²) < 4.78 is 0. The smallest absolute Gasteiger partial charge is 0.264 e. The molecule has 15 nitrogen and oxygen atoms in total. The standard InChI is InChI=1S/C36H38N8O7/c45-24(19-42-13-12-21-4-1-2-5-22(21)16-42)8-10-29(46)27-14-30(39-20-38-27)40-23-17-43(18-23)32(48)15-37-26-7-3-6-25-33(26)36(51)44(35(25)50)28-9-11-31(47)41-34(28)49/h1-7,14,20,23-24,28,37,45H,8-13,15-19H2,(H,38,39,40)(H,41,47,49)/t24-,28?/m0/s1. The maximum atomic E-state index is 13.3. The Morgan fingerprint density at radius 3 is 2.59 bits per heavy atom. The van der Waals surface area contributed by atoms with Gasteiger partial charge < -0.3 is 20.6 Å². The number of fused-ring (bicyclic) bond motifs is 2. The van der Waals surface area contributed by atoms with Gasteiger partial charge in [-0.1, -0.05) is 30.3 Å².